The van der Waals surface area contributed by atoms with Crippen molar-refractivity contribution >= 4 is 96.4 Å². The Morgan fingerprint density at radius 2 is 0.889 bits per heavy atom. The number of fused-ring (bicyclic) bond motifs is 18. The van der Waals surface area contributed by atoms with Crippen molar-refractivity contribution in [2.24, 2.45) is 0 Å². The molecular weight excluding hydrogens is 671 g/mol. The van der Waals surface area contributed by atoms with Crippen LogP contribution in [0.5, 0.6) is 0 Å². The lowest BCUT2D eigenvalue weighted by atomic mass is 9.89. The summed E-state index contributed by atoms with van der Waals surface area (Å²) in [5.41, 5.74) is 11.5. The molecule has 0 N–H and O–H groups in total. The molecule has 248 valence electrons. The van der Waals surface area contributed by atoms with Crippen LogP contribution in [0.1, 0.15) is 0 Å². The maximum atomic E-state index is 2.56. The van der Waals surface area contributed by atoms with Crippen LogP contribution in [-0.4, -0.2) is 4.57 Å². The molecule has 1 aliphatic carbocycles. The summed E-state index contributed by atoms with van der Waals surface area (Å²) in [4.78, 5) is 0. The molecule has 0 aliphatic heterocycles. The van der Waals surface area contributed by atoms with Crippen molar-refractivity contribution in [3.05, 3.63) is 176 Å². The van der Waals surface area contributed by atoms with E-state index in [2.05, 4.69) is 180 Å². The predicted molar refractivity (Wildman–Crippen MR) is 234 cm³/mol. The zero-order valence-corrected chi connectivity index (χ0v) is 29.9. The van der Waals surface area contributed by atoms with E-state index < -0.39 is 0 Å². The second kappa shape index (κ2) is 10.4. The van der Waals surface area contributed by atoms with E-state index in [0.717, 1.165) is 0 Å². The Morgan fingerprint density at radius 3 is 1.67 bits per heavy atom. The quantitative estimate of drug-likeness (QED) is 0.158. The molecule has 13 rings (SSSR count). The Morgan fingerprint density at radius 1 is 0.333 bits per heavy atom. The minimum Gasteiger partial charge on any atom is -0.308 e. The van der Waals surface area contributed by atoms with Gasteiger partial charge in [0.2, 0.25) is 0 Å². The van der Waals surface area contributed by atoms with E-state index >= 15 is 0 Å². The van der Waals surface area contributed by atoms with Gasteiger partial charge < -0.3 is 4.57 Å². The molecule has 2 heterocycles. The second-order valence-electron chi connectivity index (χ2n) is 14.7. The van der Waals surface area contributed by atoms with Gasteiger partial charge in [-0.15, -0.1) is 11.3 Å². The molecular formula is C52H29NS. The lowest BCUT2D eigenvalue weighted by molar-refractivity contribution is 1.19. The van der Waals surface area contributed by atoms with Crippen molar-refractivity contribution in [1.82, 2.24) is 4.57 Å². The van der Waals surface area contributed by atoms with Gasteiger partial charge in [-0.25, -0.2) is 0 Å². The van der Waals surface area contributed by atoms with Crippen molar-refractivity contribution in [3.63, 3.8) is 0 Å². The van der Waals surface area contributed by atoms with Crippen LogP contribution in [-0.2, 0) is 0 Å². The fourth-order valence-electron chi connectivity index (χ4n) is 9.97. The Kier molecular flexibility index (Phi) is 5.57. The molecule has 0 saturated carbocycles. The van der Waals surface area contributed by atoms with Crippen LogP contribution in [0.25, 0.3) is 124 Å². The van der Waals surface area contributed by atoms with Crippen molar-refractivity contribution in [2.45, 2.75) is 0 Å². The normalized spacial score (nSPS) is 12.4. The van der Waals surface area contributed by atoms with Gasteiger partial charge in [-0.1, -0.05) is 152 Å². The number of thiophene rings is 1. The van der Waals surface area contributed by atoms with E-state index in [9.17, 15) is 0 Å². The van der Waals surface area contributed by atoms with E-state index in [1.54, 1.807) is 0 Å². The highest BCUT2D eigenvalue weighted by Crippen LogP contribution is 2.53. The molecule has 2 aromatic heterocycles. The SMILES string of the molecule is c1cc(-c2ccc3c4c(cccc24)-c2ccccc2-3)cc(-n2c3ccccc3c3c4c5ccccc5c5ccccc5c4c4c5ccccc5sc4c32)c1. The standard InChI is InChI=1S/C52H29NS/c1-2-18-36-33(15-1)38-24-12-23-37-32(27-28-41(36)46(37)38)30-13-11-14-31(29-30)53-44-25-9-7-21-42(44)49-47-39-19-5-3-16-34(39)35-17-4-6-20-40(35)48(47)50-43-22-8-10-26-45(43)54-52(50)51(49)53/h1-29H. The average molecular weight is 700 g/mol. The Bertz CT molecular complexity index is 3590. The van der Waals surface area contributed by atoms with Crippen molar-refractivity contribution < 1.29 is 0 Å². The first-order valence-electron chi connectivity index (χ1n) is 18.7. The summed E-state index contributed by atoms with van der Waals surface area (Å²) in [5.74, 6) is 0. The molecule has 0 bridgehead atoms. The van der Waals surface area contributed by atoms with E-state index in [1.807, 2.05) is 11.3 Å². The fourth-order valence-corrected chi connectivity index (χ4v) is 11.2. The molecule has 10 aromatic carbocycles. The molecule has 0 amide bonds. The maximum Gasteiger partial charge on any atom is 0.0726 e. The summed E-state index contributed by atoms with van der Waals surface area (Å²) in [6, 6.07) is 65.7. The van der Waals surface area contributed by atoms with E-state index in [0.29, 0.717) is 0 Å². The second-order valence-corrected chi connectivity index (χ2v) is 15.8. The van der Waals surface area contributed by atoms with E-state index in [1.165, 1.54) is 124 Å². The first-order chi connectivity index (χ1) is 26.8. The number of hydrogen-bond acceptors (Lipinski definition) is 1. The maximum absolute atomic E-state index is 2.56. The highest BCUT2D eigenvalue weighted by atomic mass is 32.1. The molecule has 0 atom stereocenters. The molecule has 2 heteroatoms. The van der Waals surface area contributed by atoms with Crippen LogP contribution in [0.3, 0.4) is 0 Å². The average Bonchev–Trinajstić information content (AvgIpc) is 3.90. The highest BCUT2D eigenvalue weighted by Gasteiger charge is 2.26. The van der Waals surface area contributed by atoms with Crippen molar-refractivity contribution in [2.75, 3.05) is 0 Å². The number of aromatic nitrogens is 1. The lowest BCUT2D eigenvalue weighted by Crippen LogP contribution is -1.95. The van der Waals surface area contributed by atoms with Gasteiger partial charge >= 0.3 is 0 Å². The zero-order valence-electron chi connectivity index (χ0n) is 29.1. The van der Waals surface area contributed by atoms with Gasteiger partial charge in [-0.05, 0) is 90.0 Å². The third kappa shape index (κ3) is 3.59. The summed E-state index contributed by atoms with van der Waals surface area (Å²) in [5, 5.41) is 15.9. The largest absolute Gasteiger partial charge is 0.308 e. The smallest absolute Gasteiger partial charge is 0.0726 e. The summed E-state index contributed by atoms with van der Waals surface area (Å²) >= 11 is 1.93. The first-order valence-corrected chi connectivity index (χ1v) is 19.5. The van der Waals surface area contributed by atoms with Crippen LogP contribution in [0.2, 0.25) is 0 Å². The van der Waals surface area contributed by atoms with Crippen LogP contribution < -0.4 is 0 Å². The monoisotopic (exact) mass is 699 g/mol. The lowest BCUT2D eigenvalue weighted by Gasteiger charge is -2.15. The molecule has 0 fully saturated rings. The number of hydrogen-bond donors (Lipinski definition) is 0. The van der Waals surface area contributed by atoms with Gasteiger partial charge in [-0.3, -0.25) is 0 Å². The van der Waals surface area contributed by atoms with Gasteiger partial charge in [0.25, 0.3) is 0 Å². The van der Waals surface area contributed by atoms with Crippen molar-refractivity contribution in [1.29, 1.82) is 0 Å². The van der Waals surface area contributed by atoms with Gasteiger partial charge in [0.05, 0.1) is 15.7 Å². The summed E-state index contributed by atoms with van der Waals surface area (Å²) < 4.78 is 5.22. The van der Waals surface area contributed by atoms with Crippen LogP contribution in [0.4, 0.5) is 0 Å². The van der Waals surface area contributed by atoms with Crippen LogP contribution >= 0.6 is 11.3 Å². The summed E-state index contributed by atoms with van der Waals surface area (Å²) in [6.07, 6.45) is 0. The third-order valence-electron chi connectivity index (χ3n) is 12.1. The minimum atomic E-state index is 1.17. The molecule has 54 heavy (non-hydrogen) atoms. The number of nitrogens with zero attached hydrogens (tertiary/aromatic N) is 1. The van der Waals surface area contributed by atoms with Crippen LogP contribution in [0, 0.1) is 0 Å². The molecule has 0 radical (unpaired) electrons. The number of rotatable bonds is 2. The molecule has 0 spiro atoms. The summed E-state index contributed by atoms with van der Waals surface area (Å²) in [6.45, 7) is 0. The zero-order chi connectivity index (χ0) is 35.1. The molecule has 1 aliphatic rings. The molecule has 1 nitrogen and oxygen atoms in total. The van der Waals surface area contributed by atoms with Crippen LogP contribution in [0.15, 0.2) is 176 Å². The van der Waals surface area contributed by atoms with Gasteiger partial charge in [0.1, 0.15) is 0 Å². The van der Waals surface area contributed by atoms with Gasteiger partial charge in [-0.2, -0.15) is 0 Å². The molecule has 12 aromatic rings. The van der Waals surface area contributed by atoms with Gasteiger partial charge in [0, 0.05) is 42.7 Å². The minimum absolute atomic E-state index is 1.17. The summed E-state index contributed by atoms with van der Waals surface area (Å²) in [7, 11) is 0. The topological polar surface area (TPSA) is 4.93 Å². The molecule has 0 unspecified atom stereocenters. The van der Waals surface area contributed by atoms with E-state index in [-0.39, 0.29) is 0 Å². The Balaban J connectivity index is 1.19. The fraction of sp³-hybridized carbons (Fsp3) is 0. The van der Waals surface area contributed by atoms with Crippen molar-refractivity contribution in [3.8, 4) is 39.1 Å². The highest BCUT2D eigenvalue weighted by molar-refractivity contribution is 7.27. The molecule has 0 saturated heterocycles. The number of benzene rings is 10. The Hall–Kier alpha value is -6.74. The predicted octanol–water partition coefficient (Wildman–Crippen LogP) is 15.1. The first kappa shape index (κ1) is 28.8. The number of para-hydroxylation sites is 1. The Labute approximate surface area is 314 Å². The third-order valence-corrected chi connectivity index (χ3v) is 13.3. The van der Waals surface area contributed by atoms with E-state index in [4.69, 9.17) is 0 Å². The van der Waals surface area contributed by atoms with Gasteiger partial charge in [0.15, 0.2) is 0 Å².